The van der Waals surface area contributed by atoms with E-state index in [2.05, 4.69) is 18.8 Å². The zero-order valence-electron chi connectivity index (χ0n) is 6.09. The van der Waals surface area contributed by atoms with Crippen molar-refractivity contribution < 1.29 is 0 Å². The molecule has 0 saturated carbocycles. The second kappa shape index (κ2) is 2.38. The van der Waals surface area contributed by atoms with Gasteiger partial charge in [-0.1, -0.05) is 13.8 Å². The lowest BCUT2D eigenvalue weighted by molar-refractivity contribution is 0.391. The molecular formula is C7H14N2. The summed E-state index contributed by atoms with van der Waals surface area (Å²) in [5.74, 6) is 2.28. The molecule has 0 radical (unpaired) electrons. The predicted molar refractivity (Wildman–Crippen MR) is 39.4 cm³/mol. The highest BCUT2D eigenvalue weighted by atomic mass is 14.9. The maximum atomic E-state index is 5.54. The minimum Gasteiger partial charge on any atom is -0.387 e. The van der Waals surface area contributed by atoms with Gasteiger partial charge in [-0.2, -0.15) is 0 Å². The lowest BCUT2D eigenvalue weighted by atomic mass is 9.90. The van der Waals surface area contributed by atoms with E-state index in [-0.39, 0.29) is 0 Å². The van der Waals surface area contributed by atoms with Crippen molar-refractivity contribution in [2.45, 2.75) is 20.3 Å². The van der Waals surface area contributed by atoms with E-state index in [1.54, 1.807) is 0 Å². The van der Waals surface area contributed by atoms with Crippen molar-refractivity contribution in [2.24, 2.45) is 22.6 Å². The van der Waals surface area contributed by atoms with Crippen LogP contribution in [0.1, 0.15) is 20.3 Å². The summed E-state index contributed by atoms with van der Waals surface area (Å²) in [7, 11) is 0. The molecule has 1 aliphatic heterocycles. The first-order valence-electron chi connectivity index (χ1n) is 3.49. The SMILES string of the molecule is C[C@@H]1CC(N)=NC[C@@H]1C. The van der Waals surface area contributed by atoms with Crippen molar-refractivity contribution in [2.75, 3.05) is 6.54 Å². The fourth-order valence-corrected chi connectivity index (χ4v) is 1.04. The van der Waals surface area contributed by atoms with E-state index in [1.165, 1.54) is 0 Å². The molecule has 1 heterocycles. The molecule has 0 aromatic heterocycles. The van der Waals surface area contributed by atoms with E-state index >= 15 is 0 Å². The van der Waals surface area contributed by atoms with Crippen LogP contribution in [0.2, 0.25) is 0 Å². The van der Waals surface area contributed by atoms with Gasteiger partial charge in [-0.25, -0.2) is 0 Å². The fraction of sp³-hybridized carbons (Fsp3) is 0.857. The van der Waals surface area contributed by atoms with E-state index in [0.29, 0.717) is 0 Å². The van der Waals surface area contributed by atoms with Gasteiger partial charge >= 0.3 is 0 Å². The molecular weight excluding hydrogens is 112 g/mol. The van der Waals surface area contributed by atoms with Crippen molar-refractivity contribution in [3.05, 3.63) is 0 Å². The molecule has 1 rings (SSSR count). The summed E-state index contributed by atoms with van der Waals surface area (Å²) in [4.78, 5) is 4.16. The van der Waals surface area contributed by atoms with Gasteiger partial charge in [0.1, 0.15) is 0 Å². The van der Waals surface area contributed by atoms with E-state index in [9.17, 15) is 0 Å². The Morgan fingerprint density at radius 2 is 2.11 bits per heavy atom. The molecule has 2 heteroatoms. The molecule has 2 N–H and O–H groups in total. The van der Waals surface area contributed by atoms with Gasteiger partial charge in [0.15, 0.2) is 0 Å². The van der Waals surface area contributed by atoms with Crippen LogP contribution < -0.4 is 5.73 Å². The highest BCUT2D eigenvalue weighted by Gasteiger charge is 2.16. The van der Waals surface area contributed by atoms with Crippen LogP contribution in [0.3, 0.4) is 0 Å². The Bertz CT molecular complexity index is 129. The zero-order valence-corrected chi connectivity index (χ0v) is 6.09. The minimum absolute atomic E-state index is 0.720. The zero-order chi connectivity index (χ0) is 6.85. The Morgan fingerprint density at radius 1 is 1.44 bits per heavy atom. The Labute approximate surface area is 56.2 Å². The average Bonchev–Trinajstić information content (AvgIpc) is 1.80. The number of amidine groups is 1. The maximum Gasteiger partial charge on any atom is 0.0939 e. The van der Waals surface area contributed by atoms with Crippen molar-refractivity contribution in [3.63, 3.8) is 0 Å². The predicted octanol–water partition coefficient (Wildman–Crippen LogP) is 1.02. The van der Waals surface area contributed by atoms with E-state index in [1.807, 2.05) is 0 Å². The molecule has 1 aliphatic rings. The smallest absolute Gasteiger partial charge is 0.0939 e. The van der Waals surface area contributed by atoms with Crippen molar-refractivity contribution in [3.8, 4) is 0 Å². The van der Waals surface area contributed by atoms with Gasteiger partial charge in [0.05, 0.1) is 5.84 Å². The first kappa shape index (κ1) is 6.59. The summed E-state index contributed by atoms with van der Waals surface area (Å²) in [6, 6.07) is 0. The topological polar surface area (TPSA) is 38.4 Å². The molecule has 0 aliphatic carbocycles. The van der Waals surface area contributed by atoms with Crippen molar-refractivity contribution in [1.29, 1.82) is 0 Å². The maximum absolute atomic E-state index is 5.54. The van der Waals surface area contributed by atoms with Crippen LogP contribution in [0.15, 0.2) is 4.99 Å². The monoisotopic (exact) mass is 126 g/mol. The van der Waals surface area contributed by atoms with Gasteiger partial charge < -0.3 is 5.73 Å². The summed E-state index contributed by atoms with van der Waals surface area (Å²) < 4.78 is 0. The first-order valence-corrected chi connectivity index (χ1v) is 3.49. The molecule has 0 spiro atoms. The van der Waals surface area contributed by atoms with Gasteiger partial charge in [-0.05, 0) is 11.8 Å². The van der Waals surface area contributed by atoms with E-state index < -0.39 is 0 Å². The van der Waals surface area contributed by atoms with Crippen molar-refractivity contribution in [1.82, 2.24) is 0 Å². The Balaban J connectivity index is 2.54. The largest absolute Gasteiger partial charge is 0.387 e. The Morgan fingerprint density at radius 3 is 2.56 bits per heavy atom. The summed E-state index contributed by atoms with van der Waals surface area (Å²) in [5, 5.41) is 0. The molecule has 0 amide bonds. The van der Waals surface area contributed by atoms with Crippen LogP contribution in [0.25, 0.3) is 0 Å². The fourth-order valence-electron chi connectivity index (χ4n) is 1.04. The number of aliphatic imine (C=N–C) groups is 1. The third kappa shape index (κ3) is 1.44. The van der Waals surface area contributed by atoms with Gasteiger partial charge in [-0.3, -0.25) is 4.99 Å². The van der Waals surface area contributed by atoms with E-state index in [4.69, 9.17) is 5.73 Å². The second-order valence-electron chi connectivity index (χ2n) is 2.99. The normalized spacial score (nSPS) is 36.0. The van der Waals surface area contributed by atoms with Crippen LogP contribution >= 0.6 is 0 Å². The molecule has 0 aromatic carbocycles. The Kier molecular flexibility index (Phi) is 1.74. The molecule has 2 atom stereocenters. The third-order valence-electron chi connectivity index (χ3n) is 2.08. The summed E-state index contributed by atoms with van der Waals surface area (Å²) in [6.45, 7) is 5.37. The molecule has 2 nitrogen and oxygen atoms in total. The van der Waals surface area contributed by atoms with Crippen LogP contribution in [0.4, 0.5) is 0 Å². The quantitative estimate of drug-likeness (QED) is 0.517. The minimum atomic E-state index is 0.720. The lowest BCUT2D eigenvalue weighted by Crippen LogP contribution is -2.26. The van der Waals surface area contributed by atoms with Crippen LogP contribution in [0.5, 0.6) is 0 Å². The lowest BCUT2D eigenvalue weighted by Gasteiger charge is -2.22. The van der Waals surface area contributed by atoms with Crippen LogP contribution in [-0.4, -0.2) is 12.4 Å². The van der Waals surface area contributed by atoms with Crippen LogP contribution in [0, 0.1) is 11.8 Å². The number of nitrogens with zero attached hydrogens (tertiary/aromatic N) is 1. The number of hydrogen-bond acceptors (Lipinski definition) is 2. The van der Waals surface area contributed by atoms with Crippen molar-refractivity contribution >= 4 is 5.84 Å². The molecule has 0 fully saturated rings. The molecule has 9 heavy (non-hydrogen) atoms. The van der Waals surface area contributed by atoms with Gasteiger partial charge in [-0.15, -0.1) is 0 Å². The highest BCUT2D eigenvalue weighted by Crippen LogP contribution is 2.18. The van der Waals surface area contributed by atoms with Gasteiger partial charge in [0, 0.05) is 13.0 Å². The molecule has 0 aromatic rings. The highest BCUT2D eigenvalue weighted by molar-refractivity contribution is 5.81. The third-order valence-corrected chi connectivity index (χ3v) is 2.08. The summed E-state index contributed by atoms with van der Waals surface area (Å²) in [5.41, 5.74) is 5.54. The molecule has 0 bridgehead atoms. The number of nitrogens with two attached hydrogens (primary N) is 1. The molecule has 0 saturated heterocycles. The van der Waals surface area contributed by atoms with Gasteiger partial charge in [0.25, 0.3) is 0 Å². The number of rotatable bonds is 0. The average molecular weight is 126 g/mol. The van der Waals surface area contributed by atoms with E-state index in [0.717, 1.165) is 30.6 Å². The summed E-state index contributed by atoms with van der Waals surface area (Å²) in [6.07, 6.45) is 0.987. The first-order chi connectivity index (χ1) is 4.20. The Hall–Kier alpha value is -0.530. The second-order valence-corrected chi connectivity index (χ2v) is 2.99. The molecule has 0 unspecified atom stereocenters. The number of hydrogen-bond donors (Lipinski definition) is 1. The van der Waals surface area contributed by atoms with Crippen LogP contribution in [-0.2, 0) is 0 Å². The standard InChI is InChI=1S/C7H14N2/c1-5-3-7(8)9-4-6(5)2/h5-6H,3-4H2,1-2H3,(H2,8,9)/t5-,6+/m1/s1. The molecule has 52 valence electrons. The summed E-state index contributed by atoms with van der Waals surface area (Å²) >= 11 is 0. The van der Waals surface area contributed by atoms with Gasteiger partial charge in [0.2, 0.25) is 0 Å².